The standard InChI is InChI=1S/C23H25F2N7O3/c24-16-6-2-1-5-15(16)14-32-20(18-7-10-35-31-18)11-19(30-32)23-28-13-17(25)22(29-23)27-8-3-4-9-34-21(33)12-26/h1-2,5-7,10-11,13,19,30H,3-4,8-9,12,14,26H2,(H,27,28,29). The third-order valence-electron chi connectivity index (χ3n) is 5.23. The van der Waals surface area contributed by atoms with Crippen molar-refractivity contribution >= 4 is 17.5 Å². The Bertz CT molecular complexity index is 1170. The summed E-state index contributed by atoms with van der Waals surface area (Å²) in [6.07, 6.45) is 5.58. The number of anilines is 1. The van der Waals surface area contributed by atoms with E-state index in [2.05, 4.69) is 25.9 Å². The molecule has 4 N–H and O–H groups in total. The quantitative estimate of drug-likeness (QED) is 0.275. The number of benzene rings is 1. The lowest BCUT2D eigenvalue weighted by molar-refractivity contribution is -0.142. The fourth-order valence-electron chi connectivity index (χ4n) is 3.48. The first kappa shape index (κ1) is 24.2. The Morgan fingerprint density at radius 1 is 1.23 bits per heavy atom. The summed E-state index contributed by atoms with van der Waals surface area (Å²) < 4.78 is 38.5. The Hall–Kier alpha value is -3.90. The number of nitrogens with one attached hydrogen (secondary N) is 2. The van der Waals surface area contributed by atoms with Crippen LogP contribution in [0.2, 0.25) is 0 Å². The number of ether oxygens (including phenoxy) is 1. The molecule has 0 aliphatic carbocycles. The van der Waals surface area contributed by atoms with Crippen molar-refractivity contribution in [3.05, 3.63) is 77.6 Å². The van der Waals surface area contributed by atoms with Crippen molar-refractivity contribution in [2.75, 3.05) is 25.0 Å². The maximum atomic E-state index is 14.3. The first-order valence-corrected chi connectivity index (χ1v) is 11.1. The number of esters is 1. The molecule has 1 aromatic carbocycles. The topological polar surface area (TPSA) is 131 Å². The summed E-state index contributed by atoms with van der Waals surface area (Å²) in [6.45, 7) is 0.718. The number of hydrogen-bond acceptors (Lipinski definition) is 10. The Labute approximate surface area is 200 Å². The van der Waals surface area contributed by atoms with E-state index < -0.39 is 17.8 Å². The van der Waals surface area contributed by atoms with E-state index in [-0.39, 0.29) is 31.3 Å². The largest absolute Gasteiger partial charge is 0.465 e. The number of nitrogens with zero attached hydrogens (tertiary/aromatic N) is 4. The van der Waals surface area contributed by atoms with Crippen molar-refractivity contribution in [3.63, 3.8) is 0 Å². The minimum Gasteiger partial charge on any atom is -0.465 e. The van der Waals surface area contributed by atoms with Crippen molar-refractivity contribution in [2.24, 2.45) is 5.73 Å². The van der Waals surface area contributed by atoms with Crippen molar-refractivity contribution in [1.82, 2.24) is 25.6 Å². The zero-order chi connectivity index (χ0) is 24.6. The lowest BCUT2D eigenvalue weighted by Gasteiger charge is -2.23. The highest BCUT2D eigenvalue weighted by Gasteiger charge is 2.29. The molecule has 1 atom stereocenters. The van der Waals surface area contributed by atoms with E-state index in [0.29, 0.717) is 42.2 Å². The molecule has 0 amide bonds. The lowest BCUT2D eigenvalue weighted by atomic mass is 10.2. The summed E-state index contributed by atoms with van der Waals surface area (Å²) in [5.41, 5.74) is 10.1. The monoisotopic (exact) mass is 485 g/mol. The van der Waals surface area contributed by atoms with Gasteiger partial charge in [-0.05, 0) is 25.0 Å². The molecule has 4 rings (SSSR count). The minimum absolute atomic E-state index is 0.0553. The number of aromatic nitrogens is 3. The van der Waals surface area contributed by atoms with Crippen LogP contribution in [0.1, 0.15) is 36.0 Å². The number of hydrazine groups is 1. The van der Waals surface area contributed by atoms with Gasteiger partial charge in [-0.3, -0.25) is 4.79 Å². The molecule has 1 aliphatic rings. The van der Waals surface area contributed by atoms with E-state index in [1.54, 1.807) is 29.3 Å². The number of rotatable bonds is 11. The van der Waals surface area contributed by atoms with Crippen LogP contribution in [0.5, 0.6) is 0 Å². The van der Waals surface area contributed by atoms with E-state index in [0.717, 1.165) is 6.20 Å². The molecule has 3 aromatic rings. The van der Waals surface area contributed by atoms with Crippen LogP contribution >= 0.6 is 0 Å². The van der Waals surface area contributed by atoms with Crippen molar-refractivity contribution < 1.29 is 22.8 Å². The van der Waals surface area contributed by atoms with Crippen LogP contribution in [-0.2, 0) is 16.1 Å². The highest BCUT2D eigenvalue weighted by molar-refractivity contribution is 5.71. The van der Waals surface area contributed by atoms with Gasteiger partial charge in [-0.25, -0.2) is 24.2 Å². The smallest absolute Gasteiger partial charge is 0.319 e. The predicted molar refractivity (Wildman–Crippen MR) is 122 cm³/mol. The number of carbonyl (C=O) groups excluding carboxylic acids is 1. The maximum absolute atomic E-state index is 14.3. The molecular formula is C23H25F2N7O3. The number of hydrogen-bond donors (Lipinski definition) is 3. The van der Waals surface area contributed by atoms with Crippen LogP contribution in [0.15, 0.2) is 53.4 Å². The highest BCUT2D eigenvalue weighted by atomic mass is 19.1. The molecule has 0 radical (unpaired) electrons. The van der Waals surface area contributed by atoms with E-state index in [1.165, 1.54) is 12.3 Å². The molecule has 184 valence electrons. The summed E-state index contributed by atoms with van der Waals surface area (Å²) in [5.74, 6) is -1.01. The molecule has 0 bridgehead atoms. The van der Waals surface area contributed by atoms with Gasteiger partial charge in [-0.2, -0.15) is 0 Å². The molecule has 0 saturated heterocycles. The first-order chi connectivity index (χ1) is 17.0. The van der Waals surface area contributed by atoms with Gasteiger partial charge in [0.25, 0.3) is 0 Å². The van der Waals surface area contributed by atoms with Gasteiger partial charge >= 0.3 is 5.97 Å². The molecule has 10 nitrogen and oxygen atoms in total. The third kappa shape index (κ3) is 6.16. The van der Waals surface area contributed by atoms with Gasteiger partial charge in [-0.15, -0.1) is 0 Å². The van der Waals surface area contributed by atoms with Gasteiger partial charge in [0.05, 0.1) is 31.6 Å². The normalized spacial score (nSPS) is 15.2. The summed E-state index contributed by atoms with van der Waals surface area (Å²) in [4.78, 5) is 19.5. The van der Waals surface area contributed by atoms with E-state index in [4.69, 9.17) is 15.0 Å². The molecule has 2 aromatic heterocycles. The SMILES string of the molecule is NCC(=O)OCCCCNc1nc(C2C=C(c3ccon3)N(Cc3ccccc3F)N2)ncc1F. The second kappa shape index (κ2) is 11.5. The van der Waals surface area contributed by atoms with E-state index >= 15 is 0 Å². The van der Waals surface area contributed by atoms with E-state index in [1.807, 2.05) is 6.08 Å². The van der Waals surface area contributed by atoms with Gasteiger partial charge in [0.2, 0.25) is 0 Å². The first-order valence-electron chi connectivity index (χ1n) is 11.1. The van der Waals surface area contributed by atoms with Gasteiger partial charge in [0.1, 0.15) is 23.8 Å². The second-order valence-electron chi connectivity index (χ2n) is 7.70. The van der Waals surface area contributed by atoms with Crippen molar-refractivity contribution in [2.45, 2.75) is 25.4 Å². The summed E-state index contributed by atoms with van der Waals surface area (Å²) in [6, 6.07) is 7.65. The van der Waals surface area contributed by atoms with Gasteiger partial charge in [-0.1, -0.05) is 23.4 Å². The fourth-order valence-corrected chi connectivity index (χ4v) is 3.48. The molecule has 1 aliphatic heterocycles. The molecule has 12 heteroatoms. The Kier molecular flexibility index (Phi) is 7.95. The van der Waals surface area contributed by atoms with Crippen LogP contribution < -0.4 is 16.5 Å². The van der Waals surface area contributed by atoms with Crippen molar-refractivity contribution in [3.8, 4) is 0 Å². The number of halogens is 2. The van der Waals surface area contributed by atoms with Crippen LogP contribution in [0.25, 0.3) is 5.70 Å². The van der Waals surface area contributed by atoms with Crippen molar-refractivity contribution in [1.29, 1.82) is 0 Å². The minimum atomic E-state index is -0.592. The molecule has 0 spiro atoms. The Morgan fingerprint density at radius 3 is 2.86 bits per heavy atom. The molecule has 0 fully saturated rings. The maximum Gasteiger partial charge on any atom is 0.319 e. The molecule has 0 saturated carbocycles. The lowest BCUT2D eigenvalue weighted by Crippen LogP contribution is -2.33. The summed E-state index contributed by atoms with van der Waals surface area (Å²) in [7, 11) is 0. The average molecular weight is 485 g/mol. The van der Waals surface area contributed by atoms with Crippen LogP contribution in [0.4, 0.5) is 14.6 Å². The zero-order valence-corrected chi connectivity index (χ0v) is 18.8. The number of unbranched alkanes of at least 4 members (excludes halogenated alkanes) is 1. The summed E-state index contributed by atoms with van der Waals surface area (Å²) >= 11 is 0. The third-order valence-corrected chi connectivity index (χ3v) is 5.23. The highest BCUT2D eigenvalue weighted by Crippen LogP contribution is 2.30. The molecule has 35 heavy (non-hydrogen) atoms. The van der Waals surface area contributed by atoms with Crippen LogP contribution in [0, 0.1) is 11.6 Å². The zero-order valence-electron chi connectivity index (χ0n) is 18.8. The van der Waals surface area contributed by atoms with Crippen LogP contribution in [0.3, 0.4) is 0 Å². The van der Waals surface area contributed by atoms with Crippen LogP contribution in [-0.4, -0.2) is 45.8 Å². The molecule has 1 unspecified atom stereocenters. The molecule has 3 heterocycles. The fraction of sp³-hybridized carbons (Fsp3) is 0.304. The Balaban J connectivity index is 1.44. The van der Waals surface area contributed by atoms with Gasteiger partial charge in [0, 0.05) is 18.2 Å². The average Bonchev–Trinajstić information content (AvgIpc) is 3.54. The van der Waals surface area contributed by atoms with E-state index in [9.17, 15) is 13.6 Å². The van der Waals surface area contributed by atoms with Gasteiger partial charge < -0.3 is 25.3 Å². The second-order valence-corrected chi connectivity index (χ2v) is 7.70. The molecular weight excluding hydrogens is 460 g/mol. The number of carbonyl (C=O) groups is 1. The summed E-state index contributed by atoms with van der Waals surface area (Å²) in [5, 5.41) is 8.65. The number of nitrogens with two attached hydrogens (primary N) is 1. The predicted octanol–water partition coefficient (Wildman–Crippen LogP) is 2.54. The Morgan fingerprint density at radius 2 is 2.09 bits per heavy atom. The van der Waals surface area contributed by atoms with Gasteiger partial charge in [0.15, 0.2) is 17.5 Å².